The largest absolute Gasteiger partial charge is 0.496 e. The van der Waals surface area contributed by atoms with E-state index < -0.39 is 71.4 Å². The maximum absolute atomic E-state index is 14.2. The summed E-state index contributed by atoms with van der Waals surface area (Å²) in [7, 11) is 3.96. The fourth-order valence-electron chi connectivity index (χ4n) is 8.22. The molecule has 1 heterocycles. The number of aromatic nitrogens is 1. The van der Waals surface area contributed by atoms with E-state index in [9.17, 15) is 38.4 Å². The number of nitrogens with one attached hydrogen (secondary N) is 15. The Morgan fingerprint density at radius 3 is 1.17 bits per heavy atom. The zero-order valence-corrected chi connectivity index (χ0v) is 48.1. The average molecular weight is 1210 g/mol. The van der Waals surface area contributed by atoms with Gasteiger partial charge in [-0.1, -0.05) is 6.07 Å². The topological polar surface area (TPSA) is 561 Å². The maximum Gasteiger partial charge on any atom is 0.270 e. The summed E-state index contributed by atoms with van der Waals surface area (Å²) in [5, 5.41) is 59.0. The molecule has 0 aliphatic heterocycles. The van der Waals surface area contributed by atoms with E-state index in [0.717, 1.165) is 0 Å². The standard InChI is InChI=1S/C54H76N22O11/c1-85-39-18-15-28(25-31(39)43(56)77)70-47(81)36(11-6-22-66-52(59)60)73-44(78)33-27-30(17-20-41(33)87-3)71-48(82)37(12-7-23-67-53(61)62)75-49(83)35-10-4-14-42(72-35)76-50(84)38(13-8-24-68-54(63)64)74-45(79)32-26-29(16-19-40(32)86-2)69-46(80)34(55)9-5-21-65-51(57)58/h4,10,14-20,25-27,34,36-38H,5-9,11-13,21-24,55H2,1-3H3,(H2,56,77)(H,69,80)(H,70,81)(H,71,82)(H,73,78)(H,74,79)(H,75,83)(H4,57,58,65)(H4,59,60,66)(H4,61,62,67)(H4,63,64,68)(H,72,76,84)/t34-,36-,37-,38-/m1/s1. The lowest BCUT2D eigenvalue weighted by Crippen LogP contribution is -2.45. The van der Waals surface area contributed by atoms with E-state index in [1.54, 1.807) is 0 Å². The molecule has 33 nitrogen and oxygen atoms in total. The van der Waals surface area contributed by atoms with Crippen molar-refractivity contribution in [1.82, 2.24) is 42.2 Å². The number of carbonyl (C=O) groups is 8. The van der Waals surface area contributed by atoms with Crippen molar-refractivity contribution in [2.45, 2.75) is 75.5 Å². The van der Waals surface area contributed by atoms with Crippen LogP contribution in [0, 0.1) is 21.6 Å². The Morgan fingerprint density at radius 1 is 0.448 bits per heavy atom. The summed E-state index contributed by atoms with van der Waals surface area (Å²) in [6.07, 6.45) is 1.32. The number of anilines is 4. The van der Waals surface area contributed by atoms with Gasteiger partial charge in [-0.3, -0.25) is 60.0 Å². The normalized spacial score (nSPS) is 11.9. The lowest BCUT2D eigenvalue weighted by atomic mass is 10.1. The molecule has 87 heavy (non-hydrogen) atoms. The molecule has 0 fully saturated rings. The average Bonchev–Trinajstić information content (AvgIpc) is 2.88. The molecular formula is C54H76N22O11. The minimum Gasteiger partial charge on any atom is -0.496 e. The second-order valence-electron chi connectivity index (χ2n) is 19.1. The molecule has 0 saturated carbocycles. The number of pyridine rings is 1. The van der Waals surface area contributed by atoms with Crippen LogP contribution in [0.25, 0.3) is 0 Å². The van der Waals surface area contributed by atoms with Crippen molar-refractivity contribution >= 4 is 94.0 Å². The van der Waals surface area contributed by atoms with Gasteiger partial charge in [-0.05, 0) is 118 Å². The first-order chi connectivity index (χ1) is 41.4. The predicted octanol–water partition coefficient (Wildman–Crippen LogP) is -1.26. The van der Waals surface area contributed by atoms with E-state index in [-0.39, 0.29) is 151 Å². The van der Waals surface area contributed by atoms with Gasteiger partial charge in [-0.2, -0.15) is 0 Å². The second kappa shape index (κ2) is 34.6. The van der Waals surface area contributed by atoms with Crippen LogP contribution in [0.1, 0.15) is 92.9 Å². The highest BCUT2D eigenvalue weighted by Crippen LogP contribution is 2.26. The fourth-order valence-corrected chi connectivity index (χ4v) is 8.22. The summed E-state index contributed by atoms with van der Waals surface area (Å²) < 4.78 is 16.1. The molecule has 0 bridgehead atoms. The fraction of sp³-hybridized carbons (Fsp3) is 0.352. The number of hydrogen-bond donors (Lipinski definition) is 21. The van der Waals surface area contributed by atoms with E-state index in [4.69, 9.17) is 70.2 Å². The highest BCUT2D eigenvalue weighted by Gasteiger charge is 2.28. The van der Waals surface area contributed by atoms with Gasteiger partial charge < -0.3 is 107 Å². The summed E-state index contributed by atoms with van der Waals surface area (Å²) >= 11 is 0. The number of nitrogens with two attached hydrogens (primary N) is 6. The van der Waals surface area contributed by atoms with Gasteiger partial charge in [0.15, 0.2) is 23.8 Å². The molecule has 27 N–H and O–H groups in total. The first-order valence-electron chi connectivity index (χ1n) is 27.0. The first kappa shape index (κ1) is 68.5. The third-order valence-electron chi connectivity index (χ3n) is 12.6. The van der Waals surface area contributed by atoms with Crippen LogP contribution in [0.15, 0.2) is 72.8 Å². The predicted molar refractivity (Wildman–Crippen MR) is 325 cm³/mol. The van der Waals surface area contributed by atoms with Crippen molar-refractivity contribution in [3.8, 4) is 17.2 Å². The van der Waals surface area contributed by atoms with Crippen molar-refractivity contribution in [3.63, 3.8) is 0 Å². The van der Waals surface area contributed by atoms with Crippen LogP contribution in [0.2, 0.25) is 0 Å². The molecule has 3 aromatic carbocycles. The highest BCUT2D eigenvalue weighted by molar-refractivity contribution is 6.07. The SMILES string of the molecule is COc1ccc(NC(=O)[C@@H](CCCNC(=N)N)NC(=O)c2cc(NC(=O)[C@@H](CCCNC(=N)N)NC(=O)c3cccc(NC(=O)[C@@H](CCCNC(=N)N)NC(=O)c4cc(NC(=O)[C@H](N)CCCNC(=N)N)ccc4OC)n3)ccc2OC)cc1C(N)=O. The summed E-state index contributed by atoms with van der Waals surface area (Å²) in [6.45, 7) is 0.764. The van der Waals surface area contributed by atoms with Gasteiger partial charge >= 0.3 is 0 Å². The Labute approximate surface area is 500 Å². The van der Waals surface area contributed by atoms with E-state index in [0.29, 0.717) is 13.0 Å². The van der Waals surface area contributed by atoms with Crippen LogP contribution in [-0.4, -0.2) is 148 Å². The van der Waals surface area contributed by atoms with Gasteiger partial charge in [0.2, 0.25) is 23.6 Å². The molecular weight excluding hydrogens is 1130 g/mol. The van der Waals surface area contributed by atoms with Crippen LogP contribution in [0.5, 0.6) is 17.2 Å². The smallest absolute Gasteiger partial charge is 0.270 e. The number of ether oxygens (including phenoxy) is 3. The number of primary amides is 1. The molecule has 4 aromatic rings. The molecule has 0 aliphatic rings. The number of rotatable bonds is 34. The van der Waals surface area contributed by atoms with Gasteiger partial charge in [0.25, 0.3) is 23.6 Å². The van der Waals surface area contributed by atoms with E-state index in [2.05, 4.69) is 63.5 Å². The van der Waals surface area contributed by atoms with Gasteiger partial charge in [-0.25, -0.2) is 4.98 Å². The number of carbonyl (C=O) groups excluding carboxylic acids is 8. The van der Waals surface area contributed by atoms with Crippen LogP contribution < -0.4 is 107 Å². The van der Waals surface area contributed by atoms with E-state index in [1.165, 1.54) is 94.1 Å². The van der Waals surface area contributed by atoms with Crippen LogP contribution in [0.4, 0.5) is 22.9 Å². The molecule has 8 amide bonds. The molecule has 4 rings (SSSR count). The van der Waals surface area contributed by atoms with Crippen molar-refractivity contribution in [1.29, 1.82) is 21.6 Å². The number of amides is 8. The zero-order chi connectivity index (χ0) is 64.2. The molecule has 0 unspecified atom stereocenters. The summed E-state index contributed by atoms with van der Waals surface area (Å²) in [6, 6.07) is 11.9. The number of hydrogen-bond acceptors (Lipinski definition) is 17. The van der Waals surface area contributed by atoms with Gasteiger partial charge in [0.1, 0.15) is 46.9 Å². The van der Waals surface area contributed by atoms with E-state index >= 15 is 0 Å². The van der Waals surface area contributed by atoms with Gasteiger partial charge in [-0.15, -0.1) is 0 Å². The highest BCUT2D eigenvalue weighted by atomic mass is 16.5. The number of benzene rings is 3. The Hall–Kier alpha value is -11.0. The molecule has 0 radical (unpaired) electrons. The summed E-state index contributed by atoms with van der Waals surface area (Å²) in [5.41, 5.74) is 33.2. The monoisotopic (exact) mass is 1210 g/mol. The summed E-state index contributed by atoms with van der Waals surface area (Å²) in [4.78, 5) is 113. The second-order valence-corrected chi connectivity index (χ2v) is 19.1. The lowest BCUT2D eigenvalue weighted by molar-refractivity contribution is -0.118. The molecule has 1 aromatic heterocycles. The molecule has 33 heteroatoms. The minimum atomic E-state index is -1.31. The van der Waals surface area contributed by atoms with Crippen molar-refractivity contribution in [2.24, 2.45) is 34.4 Å². The van der Waals surface area contributed by atoms with Crippen LogP contribution in [-0.2, 0) is 19.2 Å². The Balaban J connectivity index is 1.55. The molecule has 0 saturated heterocycles. The molecule has 468 valence electrons. The van der Waals surface area contributed by atoms with Crippen LogP contribution >= 0.6 is 0 Å². The quantitative estimate of drug-likeness (QED) is 0.0147. The third-order valence-corrected chi connectivity index (χ3v) is 12.6. The lowest BCUT2D eigenvalue weighted by Gasteiger charge is -2.21. The summed E-state index contributed by atoms with van der Waals surface area (Å²) in [5.74, 6) is -7.08. The molecule has 4 atom stereocenters. The van der Waals surface area contributed by atoms with E-state index in [1.807, 2.05) is 0 Å². The van der Waals surface area contributed by atoms with Gasteiger partial charge in [0.05, 0.1) is 44.1 Å². The van der Waals surface area contributed by atoms with Crippen molar-refractivity contribution in [3.05, 3.63) is 95.2 Å². The number of nitrogens with zero attached hydrogens (tertiary/aromatic N) is 1. The van der Waals surface area contributed by atoms with Crippen molar-refractivity contribution in [2.75, 3.05) is 68.8 Å². The Kier molecular flexibility index (Phi) is 27.2. The van der Waals surface area contributed by atoms with Crippen LogP contribution in [0.3, 0.4) is 0 Å². The molecule has 0 spiro atoms. The minimum absolute atomic E-state index is 0.00860. The zero-order valence-electron chi connectivity index (χ0n) is 48.1. The Morgan fingerprint density at radius 2 is 0.793 bits per heavy atom. The number of guanidine groups is 4. The van der Waals surface area contributed by atoms with Gasteiger partial charge in [0, 0.05) is 43.2 Å². The maximum atomic E-state index is 14.2. The Bertz CT molecular complexity index is 3160. The molecule has 0 aliphatic carbocycles. The number of methoxy groups -OCH3 is 3. The van der Waals surface area contributed by atoms with Crippen molar-refractivity contribution < 1.29 is 52.6 Å². The third kappa shape index (κ3) is 22.9. The first-order valence-corrected chi connectivity index (χ1v) is 27.0.